The van der Waals surface area contributed by atoms with Gasteiger partial charge in [0.15, 0.2) is 0 Å². The van der Waals surface area contributed by atoms with Gasteiger partial charge in [0, 0.05) is 6.42 Å². The molecule has 0 bridgehead atoms. The highest BCUT2D eigenvalue weighted by Crippen LogP contribution is 2.13. The number of aliphatic hydroxyl groups is 1. The normalized spacial score (nSPS) is 16.3. The molecular formula is C19H29N3O6. The van der Waals surface area contributed by atoms with E-state index in [1.54, 1.807) is 19.1 Å². The van der Waals surface area contributed by atoms with Crippen LogP contribution in [0.2, 0.25) is 0 Å². The predicted octanol–water partition coefficient (Wildman–Crippen LogP) is -0.257. The average molecular weight is 395 g/mol. The van der Waals surface area contributed by atoms with Crippen molar-refractivity contribution >= 4 is 17.8 Å². The molecule has 156 valence electrons. The summed E-state index contributed by atoms with van der Waals surface area (Å²) in [4.78, 5) is 36.4. The molecule has 1 aromatic carbocycles. The van der Waals surface area contributed by atoms with Gasteiger partial charge >= 0.3 is 5.97 Å². The summed E-state index contributed by atoms with van der Waals surface area (Å²) < 4.78 is 0. The Labute approximate surface area is 163 Å². The number of amides is 2. The van der Waals surface area contributed by atoms with Crippen LogP contribution in [0.4, 0.5) is 0 Å². The molecule has 0 aliphatic carbocycles. The Morgan fingerprint density at radius 3 is 2.11 bits per heavy atom. The molecule has 0 aliphatic heterocycles. The van der Waals surface area contributed by atoms with Crippen molar-refractivity contribution in [3.8, 4) is 5.75 Å². The minimum Gasteiger partial charge on any atom is -0.508 e. The van der Waals surface area contributed by atoms with E-state index in [9.17, 15) is 29.7 Å². The lowest BCUT2D eigenvalue weighted by molar-refractivity contribution is -0.143. The largest absolute Gasteiger partial charge is 0.508 e. The first kappa shape index (κ1) is 23.4. The summed E-state index contributed by atoms with van der Waals surface area (Å²) in [7, 11) is 0. The fourth-order valence-corrected chi connectivity index (χ4v) is 2.50. The third-order valence-electron chi connectivity index (χ3n) is 4.61. The molecule has 1 rings (SSSR count). The number of benzene rings is 1. The van der Waals surface area contributed by atoms with Gasteiger partial charge in [-0.15, -0.1) is 0 Å². The van der Waals surface area contributed by atoms with E-state index in [0.29, 0.717) is 12.0 Å². The van der Waals surface area contributed by atoms with Crippen LogP contribution >= 0.6 is 0 Å². The summed E-state index contributed by atoms with van der Waals surface area (Å²) in [6.07, 6.45) is -0.527. The molecular weight excluding hydrogens is 366 g/mol. The zero-order chi connectivity index (χ0) is 21.4. The molecule has 0 fully saturated rings. The molecule has 0 saturated heterocycles. The van der Waals surface area contributed by atoms with Crippen molar-refractivity contribution in [2.75, 3.05) is 0 Å². The summed E-state index contributed by atoms with van der Waals surface area (Å²) in [5.41, 5.74) is 6.26. The number of nitrogens with two attached hydrogens (primary N) is 1. The number of hydrogen-bond donors (Lipinski definition) is 6. The molecule has 0 saturated carbocycles. The summed E-state index contributed by atoms with van der Waals surface area (Å²) in [6, 6.07) is 2.59. The van der Waals surface area contributed by atoms with Crippen LogP contribution in [0.3, 0.4) is 0 Å². The number of phenolic OH excluding ortho intramolecular Hbond substituents is 1. The van der Waals surface area contributed by atoms with Crippen molar-refractivity contribution in [1.82, 2.24) is 10.6 Å². The van der Waals surface area contributed by atoms with Crippen LogP contribution in [0.25, 0.3) is 0 Å². The van der Waals surface area contributed by atoms with Gasteiger partial charge < -0.3 is 31.7 Å². The Hall–Kier alpha value is -2.65. The second kappa shape index (κ2) is 10.6. The van der Waals surface area contributed by atoms with Gasteiger partial charge in [0.05, 0.1) is 6.10 Å². The van der Waals surface area contributed by atoms with Gasteiger partial charge in [0.2, 0.25) is 11.8 Å². The second-order valence-electron chi connectivity index (χ2n) is 6.91. The first-order valence-electron chi connectivity index (χ1n) is 9.11. The van der Waals surface area contributed by atoms with Gasteiger partial charge in [-0.05, 0) is 30.5 Å². The van der Waals surface area contributed by atoms with E-state index < -0.39 is 42.0 Å². The SMILES string of the molecule is CC[C@H](C)[C@H](NC(=O)[C@H](Cc1ccc(O)cc1)NC(=O)[C@@H](N)[C@@H](C)O)C(=O)O. The van der Waals surface area contributed by atoms with Crippen LogP contribution in [0, 0.1) is 5.92 Å². The van der Waals surface area contributed by atoms with Crippen LogP contribution < -0.4 is 16.4 Å². The van der Waals surface area contributed by atoms with Crippen LogP contribution in [0.15, 0.2) is 24.3 Å². The van der Waals surface area contributed by atoms with E-state index >= 15 is 0 Å². The van der Waals surface area contributed by atoms with E-state index in [2.05, 4.69) is 10.6 Å². The molecule has 0 aliphatic rings. The number of aromatic hydroxyl groups is 1. The molecule has 7 N–H and O–H groups in total. The van der Waals surface area contributed by atoms with Gasteiger partial charge in [-0.25, -0.2) is 4.79 Å². The molecule has 5 atom stereocenters. The number of carbonyl (C=O) groups is 3. The minimum atomic E-state index is -1.24. The second-order valence-corrected chi connectivity index (χ2v) is 6.91. The summed E-state index contributed by atoms with van der Waals surface area (Å²) in [5.74, 6) is -2.84. The van der Waals surface area contributed by atoms with Crippen LogP contribution in [-0.2, 0) is 20.8 Å². The quantitative estimate of drug-likeness (QED) is 0.318. The zero-order valence-electron chi connectivity index (χ0n) is 16.3. The molecule has 9 nitrogen and oxygen atoms in total. The molecule has 0 radical (unpaired) electrons. The Bertz CT molecular complexity index is 677. The van der Waals surface area contributed by atoms with Crippen LogP contribution in [0.1, 0.15) is 32.8 Å². The van der Waals surface area contributed by atoms with Gasteiger partial charge in [-0.2, -0.15) is 0 Å². The number of hydrogen-bond acceptors (Lipinski definition) is 6. The van der Waals surface area contributed by atoms with Gasteiger partial charge in [-0.3, -0.25) is 9.59 Å². The first-order chi connectivity index (χ1) is 13.1. The number of carboxylic acid groups (broad SMARTS) is 1. The zero-order valence-corrected chi connectivity index (χ0v) is 16.3. The smallest absolute Gasteiger partial charge is 0.326 e. The number of phenols is 1. The first-order valence-corrected chi connectivity index (χ1v) is 9.11. The average Bonchev–Trinajstić information content (AvgIpc) is 2.65. The Morgan fingerprint density at radius 1 is 1.07 bits per heavy atom. The molecule has 28 heavy (non-hydrogen) atoms. The highest BCUT2D eigenvalue weighted by Gasteiger charge is 2.31. The molecule has 0 unspecified atom stereocenters. The Morgan fingerprint density at radius 2 is 1.64 bits per heavy atom. The van der Waals surface area contributed by atoms with Gasteiger partial charge in [0.1, 0.15) is 23.9 Å². The maximum Gasteiger partial charge on any atom is 0.326 e. The lowest BCUT2D eigenvalue weighted by Crippen LogP contribution is -2.57. The van der Waals surface area contributed by atoms with Crippen molar-refractivity contribution in [3.63, 3.8) is 0 Å². The van der Waals surface area contributed by atoms with Crippen molar-refractivity contribution in [2.24, 2.45) is 11.7 Å². The number of rotatable bonds is 10. The highest BCUT2D eigenvalue weighted by atomic mass is 16.4. The fourth-order valence-electron chi connectivity index (χ4n) is 2.50. The maximum absolute atomic E-state index is 12.7. The standard InChI is InChI=1S/C19H29N3O6/c1-4-10(2)16(19(27)28)22-17(25)14(21-18(26)15(20)11(3)23)9-12-5-7-13(24)8-6-12/h5-8,10-11,14-16,23-24H,4,9,20H2,1-3H3,(H,21,26)(H,22,25)(H,27,28)/t10-,11+,14-,15-,16-/m0/s1. The maximum atomic E-state index is 12.7. The predicted molar refractivity (Wildman–Crippen MR) is 102 cm³/mol. The van der Waals surface area contributed by atoms with Crippen molar-refractivity contribution < 1.29 is 29.7 Å². The monoisotopic (exact) mass is 395 g/mol. The van der Waals surface area contributed by atoms with E-state index in [1.807, 2.05) is 6.92 Å². The van der Waals surface area contributed by atoms with Gasteiger partial charge in [0.25, 0.3) is 0 Å². The Balaban J connectivity index is 3.03. The lowest BCUT2D eigenvalue weighted by atomic mass is 9.98. The molecule has 0 heterocycles. The molecule has 9 heteroatoms. The topological polar surface area (TPSA) is 162 Å². The van der Waals surface area contributed by atoms with Crippen LogP contribution in [0.5, 0.6) is 5.75 Å². The number of aliphatic carboxylic acids is 1. The third-order valence-corrected chi connectivity index (χ3v) is 4.61. The lowest BCUT2D eigenvalue weighted by Gasteiger charge is -2.25. The summed E-state index contributed by atoms with van der Waals surface area (Å²) in [5, 5.41) is 33.2. The summed E-state index contributed by atoms with van der Waals surface area (Å²) in [6.45, 7) is 4.86. The highest BCUT2D eigenvalue weighted by molar-refractivity contribution is 5.92. The summed E-state index contributed by atoms with van der Waals surface area (Å²) >= 11 is 0. The van der Waals surface area contributed by atoms with E-state index in [1.165, 1.54) is 19.1 Å². The molecule has 0 spiro atoms. The van der Waals surface area contributed by atoms with Crippen LogP contribution in [-0.4, -0.2) is 57.3 Å². The van der Waals surface area contributed by atoms with E-state index in [0.717, 1.165) is 0 Å². The van der Waals surface area contributed by atoms with Crippen molar-refractivity contribution in [3.05, 3.63) is 29.8 Å². The fraction of sp³-hybridized carbons (Fsp3) is 0.526. The molecule has 1 aromatic rings. The third kappa shape index (κ3) is 6.82. The Kier molecular flexibility index (Phi) is 8.87. The molecule has 0 aromatic heterocycles. The van der Waals surface area contributed by atoms with E-state index in [-0.39, 0.29) is 18.1 Å². The van der Waals surface area contributed by atoms with E-state index in [4.69, 9.17) is 5.73 Å². The van der Waals surface area contributed by atoms with Gasteiger partial charge in [-0.1, -0.05) is 32.4 Å². The number of carboxylic acids is 1. The number of carbonyl (C=O) groups excluding carboxylic acids is 2. The number of aliphatic hydroxyl groups excluding tert-OH is 1. The molecule has 2 amide bonds. The minimum absolute atomic E-state index is 0.0487. The van der Waals surface area contributed by atoms with Crippen molar-refractivity contribution in [1.29, 1.82) is 0 Å². The van der Waals surface area contributed by atoms with Crippen molar-refractivity contribution in [2.45, 2.75) is 57.8 Å². The number of nitrogens with one attached hydrogen (secondary N) is 2.